The summed E-state index contributed by atoms with van der Waals surface area (Å²) in [5.74, 6) is -1.43. The van der Waals surface area contributed by atoms with Crippen molar-refractivity contribution in [3.8, 4) is 0 Å². The molecule has 2 amide bonds. The molecule has 230 valence electrons. The van der Waals surface area contributed by atoms with E-state index in [0.717, 1.165) is 11.3 Å². The lowest BCUT2D eigenvalue weighted by Crippen LogP contribution is -2.40. The second-order valence-corrected chi connectivity index (χ2v) is 12.1. The molecule has 0 unspecified atom stereocenters. The van der Waals surface area contributed by atoms with Crippen molar-refractivity contribution in [2.24, 2.45) is 5.92 Å². The van der Waals surface area contributed by atoms with E-state index in [1.807, 2.05) is 12.1 Å². The van der Waals surface area contributed by atoms with Gasteiger partial charge < -0.3 is 26.0 Å². The van der Waals surface area contributed by atoms with Crippen LogP contribution in [0.5, 0.6) is 0 Å². The summed E-state index contributed by atoms with van der Waals surface area (Å²) < 4.78 is 0. The van der Waals surface area contributed by atoms with Gasteiger partial charge in [-0.05, 0) is 73.0 Å². The first-order valence-corrected chi connectivity index (χ1v) is 15.3. The topological polar surface area (TPSA) is 123 Å². The number of amides is 2. The molecular formula is C32H30Cl4N4O4. The lowest BCUT2D eigenvalue weighted by Gasteiger charge is -2.34. The van der Waals surface area contributed by atoms with Crippen LogP contribution >= 0.6 is 46.4 Å². The number of likely N-dealkylation sites (tertiary alicyclic amines) is 1. The Morgan fingerprint density at radius 3 is 1.91 bits per heavy atom. The molecule has 1 fully saturated rings. The molecule has 0 aliphatic carbocycles. The Morgan fingerprint density at radius 1 is 0.818 bits per heavy atom. The predicted molar refractivity (Wildman–Crippen MR) is 174 cm³/mol. The zero-order valence-corrected chi connectivity index (χ0v) is 26.5. The molecule has 0 atom stereocenters. The molecule has 1 aliphatic rings. The lowest BCUT2D eigenvalue weighted by molar-refractivity contribution is -0.136. The van der Waals surface area contributed by atoms with Gasteiger partial charge >= 0.3 is 5.97 Å². The van der Waals surface area contributed by atoms with Crippen molar-refractivity contribution in [3.05, 3.63) is 115 Å². The average molecular weight is 676 g/mol. The van der Waals surface area contributed by atoms with E-state index >= 15 is 0 Å². The smallest absolute Gasteiger partial charge is 0.305 e. The van der Waals surface area contributed by atoms with Gasteiger partial charge in [0.05, 0.1) is 12.1 Å². The van der Waals surface area contributed by atoms with E-state index < -0.39 is 5.97 Å². The molecule has 3 aromatic rings. The van der Waals surface area contributed by atoms with Gasteiger partial charge in [-0.15, -0.1) is 0 Å². The molecule has 0 bridgehead atoms. The summed E-state index contributed by atoms with van der Waals surface area (Å²) in [7, 11) is 0. The van der Waals surface area contributed by atoms with Crippen molar-refractivity contribution < 1.29 is 19.5 Å². The molecule has 1 aliphatic heterocycles. The number of carbonyl (C=O) groups is 3. The quantitative estimate of drug-likeness (QED) is 0.162. The molecule has 4 rings (SSSR count). The summed E-state index contributed by atoms with van der Waals surface area (Å²) in [6, 6.07) is 16.8. The van der Waals surface area contributed by atoms with Gasteiger partial charge in [0.15, 0.2) is 0 Å². The van der Waals surface area contributed by atoms with E-state index in [9.17, 15) is 14.4 Å². The lowest BCUT2D eigenvalue weighted by atomic mass is 9.91. The summed E-state index contributed by atoms with van der Waals surface area (Å²) in [5.41, 5.74) is 3.41. The first-order valence-electron chi connectivity index (χ1n) is 13.8. The van der Waals surface area contributed by atoms with Gasteiger partial charge in [-0.1, -0.05) is 58.5 Å². The minimum absolute atomic E-state index is 0.0382. The fourth-order valence-corrected chi connectivity index (χ4v) is 5.93. The first-order chi connectivity index (χ1) is 21.0. The molecule has 12 heteroatoms. The van der Waals surface area contributed by atoms with Crippen molar-refractivity contribution >= 4 is 69.9 Å². The highest BCUT2D eigenvalue weighted by Crippen LogP contribution is 2.28. The molecule has 0 saturated carbocycles. The SMILES string of the molecule is N=C(/C=C(\NCc1ccc(C(=O)NCCC(=O)O)cc1)C1CCN(C(=O)c2cc(Cl)cc(Cl)c2)CC1)c1cc(Cl)cc(Cl)c1. The third-order valence-corrected chi connectivity index (χ3v) is 8.01. The van der Waals surface area contributed by atoms with Crippen LogP contribution in [0.25, 0.3) is 0 Å². The van der Waals surface area contributed by atoms with E-state index in [4.69, 9.17) is 56.9 Å². The second kappa shape index (κ2) is 15.4. The van der Waals surface area contributed by atoms with Crippen molar-refractivity contribution in [1.29, 1.82) is 5.41 Å². The summed E-state index contributed by atoms with van der Waals surface area (Å²) in [5, 5.41) is 25.3. The van der Waals surface area contributed by atoms with Gasteiger partial charge in [-0.2, -0.15) is 0 Å². The van der Waals surface area contributed by atoms with Gasteiger partial charge in [0.2, 0.25) is 0 Å². The Bertz CT molecular complexity index is 1550. The highest BCUT2D eigenvalue weighted by Gasteiger charge is 2.26. The Balaban J connectivity index is 1.47. The number of halogens is 4. The maximum atomic E-state index is 13.1. The zero-order valence-electron chi connectivity index (χ0n) is 23.5. The number of aliphatic carboxylic acids is 1. The number of carboxylic acid groups (broad SMARTS) is 1. The highest BCUT2D eigenvalue weighted by molar-refractivity contribution is 6.36. The third-order valence-electron chi connectivity index (χ3n) is 7.14. The molecule has 4 N–H and O–H groups in total. The standard InChI is InChI=1S/C32H30Cl4N4O4/c33-24-11-22(12-25(34)15-24)28(37)17-29(39-18-19-1-3-21(4-2-19)31(43)38-8-5-30(41)42)20-6-9-40(10-7-20)32(44)23-13-26(35)16-27(36)14-23/h1-4,11-17,20,37,39H,5-10,18H2,(H,38,43)(H,41,42)/b29-17-,37-28?. The van der Waals surface area contributed by atoms with Crippen molar-refractivity contribution in [1.82, 2.24) is 15.5 Å². The first kappa shape index (κ1) is 33.3. The minimum atomic E-state index is -0.981. The molecule has 1 saturated heterocycles. The number of benzene rings is 3. The van der Waals surface area contributed by atoms with Gasteiger partial charge in [0.1, 0.15) is 0 Å². The van der Waals surface area contributed by atoms with E-state index in [2.05, 4.69) is 10.6 Å². The molecule has 0 aromatic heterocycles. The molecule has 0 spiro atoms. The highest BCUT2D eigenvalue weighted by atomic mass is 35.5. The number of allylic oxidation sites excluding steroid dienone is 2. The Labute approximate surface area is 275 Å². The summed E-state index contributed by atoms with van der Waals surface area (Å²) >= 11 is 24.6. The van der Waals surface area contributed by atoms with Crippen LogP contribution in [0.4, 0.5) is 0 Å². The largest absolute Gasteiger partial charge is 0.481 e. The Morgan fingerprint density at radius 2 is 1.36 bits per heavy atom. The molecule has 44 heavy (non-hydrogen) atoms. The maximum absolute atomic E-state index is 13.1. The van der Waals surface area contributed by atoms with Crippen LogP contribution in [0.2, 0.25) is 20.1 Å². The monoisotopic (exact) mass is 674 g/mol. The van der Waals surface area contributed by atoms with Crippen molar-refractivity contribution in [2.45, 2.75) is 25.8 Å². The van der Waals surface area contributed by atoms with Crippen molar-refractivity contribution in [3.63, 3.8) is 0 Å². The summed E-state index contributed by atoms with van der Waals surface area (Å²) in [6.07, 6.45) is 2.95. The number of hydrogen-bond donors (Lipinski definition) is 4. The Kier molecular flexibility index (Phi) is 11.7. The number of rotatable bonds is 11. The van der Waals surface area contributed by atoms with Crippen LogP contribution in [0.3, 0.4) is 0 Å². The number of hydrogen-bond acceptors (Lipinski definition) is 5. The predicted octanol–water partition coefficient (Wildman–Crippen LogP) is 7.10. The van der Waals surface area contributed by atoms with E-state index in [-0.39, 0.29) is 36.4 Å². The van der Waals surface area contributed by atoms with Crippen LogP contribution in [0, 0.1) is 11.3 Å². The fourth-order valence-electron chi connectivity index (χ4n) is 4.88. The van der Waals surface area contributed by atoms with E-state index in [0.29, 0.717) is 69.3 Å². The fraction of sp³-hybridized carbons (Fsp3) is 0.250. The van der Waals surface area contributed by atoms with Crippen molar-refractivity contribution in [2.75, 3.05) is 19.6 Å². The number of carbonyl (C=O) groups excluding carboxylic acids is 2. The number of piperidine rings is 1. The van der Waals surface area contributed by atoms with Crippen LogP contribution in [-0.4, -0.2) is 53.1 Å². The Hall–Kier alpha value is -3.56. The maximum Gasteiger partial charge on any atom is 0.305 e. The van der Waals surface area contributed by atoms with Crippen LogP contribution in [0.15, 0.2) is 72.4 Å². The zero-order chi connectivity index (χ0) is 31.8. The molecule has 8 nitrogen and oxygen atoms in total. The number of nitrogens with zero attached hydrogens (tertiary/aromatic N) is 1. The number of carboxylic acids is 1. The molecule has 1 heterocycles. The van der Waals surface area contributed by atoms with Gasteiger partial charge in [-0.25, -0.2) is 0 Å². The van der Waals surface area contributed by atoms with Gasteiger partial charge in [-0.3, -0.25) is 14.4 Å². The van der Waals surface area contributed by atoms with Crippen LogP contribution in [0.1, 0.15) is 51.1 Å². The van der Waals surface area contributed by atoms with E-state index in [1.54, 1.807) is 59.5 Å². The number of nitrogens with one attached hydrogen (secondary N) is 3. The molecular weight excluding hydrogens is 646 g/mol. The average Bonchev–Trinajstić information content (AvgIpc) is 2.98. The van der Waals surface area contributed by atoms with Crippen LogP contribution in [-0.2, 0) is 11.3 Å². The third kappa shape index (κ3) is 9.47. The molecule has 3 aromatic carbocycles. The normalized spacial score (nSPS) is 13.8. The molecule has 0 radical (unpaired) electrons. The van der Waals surface area contributed by atoms with Gasteiger partial charge in [0, 0.05) is 74.6 Å². The van der Waals surface area contributed by atoms with Crippen LogP contribution < -0.4 is 10.6 Å². The van der Waals surface area contributed by atoms with E-state index in [1.165, 1.54) is 0 Å². The minimum Gasteiger partial charge on any atom is -0.481 e. The summed E-state index contributed by atoms with van der Waals surface area (Å²) in [4.78, 5) is 37.9. The second-order valence-electron chi connectivity index (χ2n) is 10.3. The van der Waals surface area contributed by atoms with Gasteiger partial charge in [0.25, 0.3) is 11.8 Å². The summed E-state index contributed by atoms with van der Waals surface area (Å²) in [6.45, 7) is 1.49.